The number of aryl methyl sites for hydroxylation is 2. The van der Waals surface area contributed by atoms with Crippen LogP contribution >= 0.6 is 11.6 Å². The van der Waals surface area contributed by atoms with Crippen molar-refractivity contribution in [3.63, 3.8) is 0 Å². The molecule has 0 saturated heterocycles. The molecular formula is C23H22ClN5O5. The molecule has 1 aliphatic heterocycles. The minimum absolute atomic E-state index is 0.0317. The van der Waals surface area contributed by atoms with Gasteiger partial charge in [0.05, 0.1) is 6.54 Å². The van der Waals surface area contributed by atoms with E-state index in [-0.39, 0.29) is 35.6 Å². The van der Waals surface area contributed by atoms with Gasteiger partial charge in [0.25, 0.3) is 5.56 Å². The monoisotopic (exact) mass is 483 g/mol. The molecule has 10 nitrogen and oxygen atoms in total. The zero-order chi connectivity index (χ0) is 24.3. The molecule has 0 amide bonds. The van der Waals surface area contributed by atoms with Crippen LogP contribution in [0.2, 0.25) is 5.28 Å². The molecule has 0 bridgehead atoms. The molecule has 4 heterocycles. The van der Waals surface area contributed by atoms with Gasteiger partial charge in [-0.05, 0) is 49.2 Å². The van der Waals surface area contributed by atoms with Gasteiger partial charge in [0.1, 0.15) is 0 Å². The zero-order valence-electron chi connectivity index (χ0n) is 19.1. The van der Waals surface area contributed by atoms with E-state index in [1.54, 1.807) is 0 Å². The number of hydrogen-bond donors (Lipinski definition) is 0. The van der Waals surface area contributed by atoms with Gasteiger partial charge in [-0.25, -0.2) is 4.79 Å². The van der Waals surface area contributed by atoms with Crippen molar-refractivity contribution >= 4 is 28.5 Å². The van der Waals surface area contributed by atoms with Crippen LogP contribution in [0.5, 0.6) is 11.5 Å². The summed E-state index contributed by atoms with van der Waals surface area (Å²) in [5, 5.41) is -0.0317. The Bertz CT molecular complexity index is 1610. The van der Waals surface area contributed by atoms with E-state index in [0.717, 1.165) is 21.5 Å². The Kier molecular flexibility index (Phi) is 5.12. The van der Waals surface area contributed by atoms with Crippen LogP contribution in [0, 0.1) is 13.8 Å². The summed E-state index contributed by atoms with van der Waals surface area (Å²) in [5.41, 5.74) is 2.42. The standard InChI is InChI=1S/C23H22ClN5O5/c1-12-7-15(13(2)28(12)9-14-5-6-17-18(8-14)34-11-33-17)16(30)10-29-19-20(25-22(29)24)26(3)23(32)27(4)21(19)31/h5-8H,9-11H2,1-4H3. The maximum Gasteiger partial charge on any atom is 0.332 e. The molecule has 11 heteroatoms. The SMILES string of the molecule is Cc1cc(C(=O)Cn2c(Cl)nc3c2c(=O)n(C)c(=O)n3C)c(C)n1Cc1ccc2c(c1)OCO2. The van der Waals surface area contributed by atoms with E-state index in [4.69, 9.17) is 21.1 Å². The first-order valence-electron chi connectivity index (χ1n) is 10.6. The fourth-order valence-electron chi connectivity index (χ4n) is 4.34. The second kappa shape index (κ2) is 7.91. The normalized spacial score (nSPS) is 12.6. The predicted molar refractivity (Wildman–Crippen MR) is 125 cm³/mol. The van der Waals surface area contributed by atoms with Gasteiger partial charge in [-0.3, -0.25) is 18.7 Å². The molecule has 5 rings (SSSR count). The van der Waals surface area contributed by atoms with Crippen molar-refractivity contribution in [3.05, 3.63) is 72.9 Å². The number of Topliss-reactive ketones (excluding diaryl/α,β-unsaturated/α-hetero) is 1. The molecule has 0 N–H and O–H groups in total. The summed E-state index contributed by atoms with van der Waals surface area (Å²) >= 11 is 6.29. The number of ether oxygens (including phenoxy) is 2. The highest BCUT2D eigenvalue weighted by molar-refractivity contribution is 6.29. The van der Waals surface area contributed by atoms with Gasteiger partial charge in [0.2, 0.25) is 12.1 Å². The first kappa shape index (κ1) is 22.0. The number of carbonyl (C=O) groups excluding carboxylic acids is 1. The van der Waals surface area contributed by atoms with Crippen LogP contribution in [0.3, 0.4) is 0 Å². The molecule has 0 unspecified atom stereocenters. The van der Waals surface area contributed by atoms with Crippen LogP contribution in [-0.4, -0.2) is 35.8 Å². The Morgan fingerprint density at radius 3 is 2.56 bits per heavy atom. The highest BCUT2D eigenvalue weighted by Gasteiger charge is 2.23. The predicted octanol–water partition coefficient (Wildman–Crippen LogP) is 2.17. The average molecular weight is 484 g/mol. The number of nitrogens with zero attached hydrogens (tertiary/aromatic N) is 5. The molecular weight excluding hydrogens is 462 g/mol. The van der Waals surface area contributed by atoms with Crippen molar-refractivity contribution in [1.29, 1.82) is 0 Å². The molecule has 0 aliphatic carbocycles. The minimum atomic E-state index is -0.557. The summed E-state index contributed by atoms with van der Waals surface area (Å²) in [6, 6.07) is 7.59. The number of fused-ring (bicyclic) bond motifs is 2. The molecule has 0 fully saturated rings. The first-order chi connectivity index (χ1) is 16.2. The molecule has 34 heavy (non-hydrogen) atoms. The Morgan fingerprint density at radius 2 is 1.79 bits per heavy atom. The van der Waals surface area contributed by atoms with Crippen LogP contribution in [0.4, 0.5) is 0 Å². The van der Waals surface area contributed by atoms with Crippen molar-refractivity contribution in [2.24, 2.45) is 14.1 Å². The van der Waals surface area contributed by atoms with Gasteiger partial charge < -0.3 is 18.6 Å². The van der Waals surface area contributed by atoms with Gasteiger partial charge in [-0.15, -0.1) is 0 Å². The van der Waals surface area contributed by atoms with Crippen molar-refractivity contribution in [3.8, 4) is 11.5 Å². The number of carbonyl (C=O) groups is 1. The van der Waals surface area contributed by atoms with E-state index in [1.165, 1.54) is 23.2 Å². The average Bonchev–Trinajstić information content (AvgIpc) is 3.48. The summed E-state index contributed by atoms with van der Waals surface area (Å²) in [5.74, 6) is 1.20. The van der Waals surface area contributed by atoms with E-state index in [1.807, 2.05) is 42.7 Å². The molecule has 0 atom stereocenters. The lowest BCUT2D eigenvalue weighted by Crippen LogP contribution is -2.37. The number of benzene rings is 1. The third-order valence-corrected chi connectivity index (χ3v) is 6.54. The largest absolute Gasteiger partial charge is 0.454 e. The lowest BCUT2D eigenvalue weighted by atomic mass is 10.1. The summed E-state index contributed by atoms with van der Waals surface area (Å²) in [6.07, 6.45) is 0. The van der Waals surface area contributed by atoms with E-state index >= 15 is 0 Å². The molecule has 0 radical (unpaired) electrons. The van der Waals surface area contributed by atoms with E-state index in [0.29, 0.717) is 23.6 Å². The Morgan fingerprint density at radius 1 is 1.06 bits per heavy atom. The van der Waals surface area contributed by atoms with Crippen molar-refractivity contribution in [1.82, 2.24) is 23.3 Å². The van der Waals surface area contributed by atoms with E-state index in [2.05, 4.69) is 4.98 Å². The van der Waals surface area contributed by atoms with Crippen LogP contribution < -0.4 is 20.7 Å². The highest BCUT2D eigenvalue weighted by Crippen LogP contribution is 2.33. The summed E-state index contributed by atoms with van der Waals surface area (Å²) in [6.45, 7) is 4.39. The third-order valence-electron chi connectivity index (χ3n) is 6.25. The smallest absolute Gasteiger partial charge is 0.332 e. The quantitative estimate of drug-likeness (QED) is 0.318. The maximum absolute atomic E-state index is 13.3. The molecule has 0 saturated carbocycles. The summed E-state index contributed by atoms with van der Waals surface area (Å²) in [4.78, 5) is 42.4. The number of imidazole rings is 1. The second-order valence-corrected chi connectivity index (χ2v) is 8.66. The Hall–Kier alpha value is -3.79. The Labute approximate surface area is 198 Å². The maximum atomic E-state index is 13.3. The van der Waals surface area contributed by atoms with Gasteiger partial charge in [0, 0.05) is 37.6 Å². The van der Waals surface area contributed by atoms with Crippen LogP contribution in [0.1, 0.15) is 27.3 Å². The van der Waals surface area contributed by atoms with Gasteiger partial charge in [-0.1, -0.05) is 6.07 Å². The molecule has 3 aromatic heterocycles. The number of ketones is 1. The van der Waals surface area contributed by atoms with Gasteiger partial charge >= 0.3 is 5.69 Å². The first-order valence-corrected chi connectivity index (χ1v) is 11.0. The molecule has 1 aromatic carbocycles. The lowest BCUT2D eigenvalue weighted by molar-refractivity contribution is 0.0972. The second-order valence-electron chi connectivity index (χ2n) is 8.33. The number of hydrogen-bond acceptors (Lipinski definition) is 6. The van der Waals surface area contributed by atoms with Crippen molar-refractivity contribution in [2.75, 3.05) is 6.79 Å². The van der Waals surface area contributed by atoms with Gasteiger partial charge in [-0.2, -0.15) is 4.98 Å². The third kappa shape index (κ3) is 3.33. The molecule has 176 valence electrons. The number of aromatic nitrogens is 5. The summed E-state index contributed by atoms with van der Waals surface area (Å²) in [7, 11) is 2.88. The Balaban J connectivity index is 1.49. The van der Waals surface area contributed by atoms with Crippen molar-refractivity contribution < 1.29 is 14.3 Å². The molecule has 0 spiro atoms. The number of halogens is 1. The topological polar surface area (TPSA) is 102 Å². The minimum Gasteiger partial charge on any atom is -0.454 e. The fraction of sp³-hybridized carbons (Fsp3) is 0.304. The zero-order valence-corrected chi connectivity index (χ0v) is 19.8. The van der Waals surface area contributed by atoms with E-state index in [9.17, 15) is 14.4 Å². The van der Waals surface area contributed by atoms with Crippen molar-refractivity contribution in [2.45, 2.75) is 26.9 Å². The van der Waals surface area contributed by atoms with Crippen LogP contribution in [-0.2, 0) is 27.2 Å². The highest BCUT2D eigenvalue weighted by atomic mass is 35.5. The molecule has 1 aliphatic rings. The lowest BCUT2D eigenvalue weighted by Gasteiger charge is -2.11. The van der Waals surface area contributed by atoms with Gasteiger partial charge in [0.15, 0.2) is 28.4 Å². The van der Waals surface area contributed by atoms with Crippen LogP contribution in [0.25, 0.3) is 11.2 Å². The van der Waals surface area contributed by atoms with E-state index < -0.39 is 11.2 Å². The van der Waals surface area contributed by atoms with Crippen LogP contribution in [0.15, 0.2) is 33.9 Å². The summed E-state index contributed by atoms with van der Waals surface area (Å²) < 4.78 is 16.4. The molecule has 4 aromatic rings. The number of rotatable bonds is 5. The fourth-order valence-corrected chi connectivity index (χ4v) is 4.57.